The van der Waals surface area contributed by atoms with E-state index in [-0.39, 0.29) is 0 Å². The molecule has 2 atom stereocenters. The molecule has 0 aromatic rings. The van der Waals surface area contributed by atoms with E-state index in [9.17, 15) is 0 Å². The van der Waals surface area contributed by atoms with Crippen molar-refractivity contribution in [1.82, 2.24) is 0 Å². The van der Waals surface area contributed by atoms with Crippen molar-refractivity contribution >= 4 is 9.04 Å². The highest BCUT2D eigenvalue weighted by atomic mass is 28.3. The molecular weight excluding hydrogens is 152 g/mol. The van der Waals surface area contributed by atoms with Gasteiger partial charge in [0.2, 0.25) is 0 Å². The first-order valence-electron chi connectivity index (χ1n) is 4.96. The summed E-state index contributed by atoms with van der Waals surface area (Å²) in [4.78, 5) is 0. The zero-order valence-corrected chi connectivity index (χ0v) is 8.96. The van der Waals surface area contributed by atoms with Crippen molar-refractivity contribution < 1.29 is 4.43 Å². The molecule has 2 unspecified atom stereocenters. The van der Waals surface area contributed by atoms with E-state index < -0.39 is 9.04 Å². The molecular formula is C9H20OSi. The zero-order valence-electron chi connectivity index (χ0n) is 7.81. The second-order valence-corrected chi connectivity index (χ2v) is 6.80. The van der Waals surface area contributed by atoms with Crippen LogP contribution in [0.15, 0.2) is 0 Å². The van der Waals surface area contributed by atoms with Gasteiger partial charge in [0.05, 0.1) is 0 Å². The summed E-state index contributed by atoms with van der Waals surface area (Å²) >= 11 is 0. The van der Waals surface area contributed by atoms with Crippen LogP contribution in [-0.4, -0.2) is 15.6 Å². The van der Waals surface area contributed by atoms with E-state index >= 15 is 0 Å². The van der Waals surface area contributed by atoms with Gasteiger partial charge in [0.1, 0.15) is 0 Å². The topological polar surface area (TPSA) is 9.23 Å². The van der Waals surface area contributed by atoms with Gasteiger partial charge < -0.3 is 4.43 Å². The average molecular weight is 172 g/mol. The maximum Gasteiger partial charge on any atom is 0.179 e. The molecule has 0 aromatic heterocycles. The predicted molar refractivity (Wildman–Crippen MR) is 51.5 cm³/mol. The number of rotatable bonds is 3. The first-order chi connectivity index (χ1) is 5.34. The second kappa shape index (κ2) is 4.94. The summed E-state index contributed by atoms with van der Waals surface area (Å²) in [7, 11) is -0.738. The van der Waals surface area contributed by atoms with E-state index in [0.717, 1.165) is 12.1 Å². The molecule has 1 aliphatic heterocycles. The standard InChI is InChI=1S/C9H20OSi/c1-3-6-9(2)11-8-5-4-7-10-11/h9,11H,3-8H2,1-2H3. The lowest BCUT2D eigenvalue weighted by Crippen LogP contribution is -2.27. The van der Waals surface area contributed by atoms with Gasteiger partial charge in [-0.1, -0.05) is 33.1 Å². The highest BCUT2D eigenvalue weighted by Crippen LogP contribution is 2.24. The van der Waals surface area contributed by atoms with Gasteiger partial charge in [-0.05, 0) is 18.0 Å². The van der Waals surface area contributed by atoms with E-state index in [4.69, 9.17) is 4.43 Å². The fourth-order valence-electron chi connectivity index (χ4n) is 1.86. The minimum atomic E-state index is -0.738. The van der Waals surface area contributed by atoms with Crippen molar-refractivity contribution in [3.05, 3.63) is 0 Å². The van der Waals surface area contributed by atoms with Gasteiger partial charge in [-0.15, -0.1) is 0 Å². The molecule has 0 bridgehead atoms. The van der Waals surface area contributed by atoms with E-state index in [1.54, 1.807) is 0 Å². The molecule has 11 heavy (non-hydrogen) atoms. The Morgan fingerprint density at radius 2 is 2.27 bits per heavy atom. The summed E-state index contributed by atoms with van der Waals surface area (Å²) in [5.74, 6) is 0. The van der Waals surface area contributed by atoms with Crippen molar-refractivity contribution in [2.75, 3.05) is 6.61 Å². The van der Waals surface area contributed by atoms with Gasteiger partial charge >= 0.3 is 0 Å². The summed E-state index contributed by atoms with van der Waals surface area (Å²) < 4.78 is 5.83. The van der Waals surface area contributed by atoms with Gasteiger partial charge in [0.25, 0.3) is 0 Å². The van der Waals surface area contributed by atoms with Crippen molar-refractivity contribution in [2.24, 2.45) is 0 Å². The minimum Gasteiger partial charge on any atom is -0.420 e. The first-order valence-corrected chi connectivity index (χ1v) is 6.91. The Labute approximate surface area is 71.9 Å². The van der Waals surface area contributed by atoms with Crippen LogP contribution < -0.4 is 0 Å². The molecule has 0 radical (unpaired) electrons. The molecule has 1 fully saturated rings. The number of hydrogen-bond acceptors (Lipinski definition) is 1. The van der Waals surface area contributed by atoms with Crippen LogP contribution in [0.4, 0.5) is 0 Å². The Hall–Kier alpha value is 0.177. The van der Waals surface area contributed by atoms with E-state index in [0.29, 0.717) is 0 Å². The van der Waals surface area contributed by atoms with Gasteiger partial charge in [-0.25, -0.2) is 0 Å². The Morgan fingerprint density at radius 3 is 2.82 bits per heavy atom. The van der Waals surface area contributed by atoms with E-state index in [2.05, 4.69) is 13.8 Å². The lowest BCUT2D eigenvalue weighted by atomic mass is 10.3. The van der Waals surface area contributed by atoms with Crippen LogP contribution in [0.25, 0.3) is 0 Å². The SMILES string of the molecule is CCCC(C)[SiH]1CCCCO1. The maximum absolute atomic E-state index is 5.83. The second-order valence-electron chi connectivity index (χ2n) is 3.67. The molecule has 1 heterocycles. The molecule has 0 N–H and O–H groups in total. The van der Waals surface area contributed by atoms with Crippen LogP contribution in [-0.2, 0) is 4.43 Å². The van der Waals surface area contributed by atoms with Crippen molar-refractivity contribution in [2.45, 2.75) is 51.1 Å². The zero-order chi connectivity index (χ0) is 8.10. The molecule has 0 aliphatic carbocycles. The fourth-order valence-corrected chi connectivity index (χ4v) is 4.79. The summed E-state index contributed by atoms with van der Waals surface area (Å²) in [6.45, 7) is 5.71. The lowest BCUT2D eigenvalue weighted by molar-refractivity contribution is 0.279. The predicted octanol–water partition coefficient (Wildman–Crippen LogP) is 2.71. The Balaban J connectivity index is 2.21. The third kappa shape index (κ3) is 2.95. The largest absolute Gasteiger partial charge is 0.420 e. The van der Waals surface area contributed by atoms with Gasteiger partial charge in [-0.2, -0.15) is 0 Å². The van der Waals surface area contributed by atoms with Gasteiger partial charge in [0.15, 0.2) is 9.04 Å². The molecule has 1 rings (SSSR count). The smallest absolute Gasteiger partial charge is 0.179 e. The number of hydrogen-bond donors (Lipinski definition) is 0. The van der Waals surface area contributed by atoms with Crippen molar-refractivity contribution in [1.29, 1.82) is 0 Å². The third-order valence-corrected chi connectivity index (χ3v) is 5.84. The molecule has 2 heteroatoms. The van der Waals surface area contributed by atoms with Crippen molar-refractivity contribution in [3.8, 4) is 0 Å². The minimum absolute atomic E-state index is 0.738. The summed E-state index contributed by atoms with van der Waals surface area (Å²) in [5.41, 5.74) is 0.917. The molecule has 1 aliphatic rings. The quantitative estimate of drug-likeness (QED) is 0.595. The Kier molecular flexibility index (Phi) is 4.16. The lowest BCUT2D eigenvalue weighted by Gasteiger charge is -2.26. The van der Waals surface area contributed by atoms with Gasteiger partial charge in [-0.3, -0.25) is 0 Å². The van der Waals surface area contributed by atoms with E-state index in [1.165, 1.54) is 31.7 Å². The first kappa shape index (κ1) is 9.27. The molecule has 1 saturated heterocycles. The van der Waals surface area contributed by atoms with Crippen molar-refractivity contribution in [3.63, 3.8) is 0 Å². The van der Waals surface area contributed by atoms with Crippen LogP contribution in [0.1, 0.15) is 39.5 Å². The average Bonchev–Trinajstić information content (AvgIpc) is 2.07. The fraction of sp³-hybridized carbons (Fsp3) is 1.00. The molecule has 0 spiro atoms. The van der Waals surface area contributed by atoms with Crippen LogP contribution in [0.2, 0.25) is 11.6 Å². The molecule has 0 saturated carbocycles. The van der Waals surface area contributed by atoms with Crippen LogP contribution >= 0.6 is 0 Å². The summed E-state index contributed by atoms with van der Waals surface area (Å²) in [5, 5.41) is 0. The molecule has 0 aromatic carbocycles. The highest BCUT2D eigenvalue weighted by Gasteiger charge is 2.21. The molecule has 66 valence electrons. The van der Waals surface area contributed by atoms with Gasteiger partial charge in [0, 0.05) is 6.61 Å². The monoisotopic (exact) mass is 172 g/mol. The Morgan fingerprint density at radius 1 is 1.45 bits per heavy atom. The molecule has 0 amide bonds. The highest BCUT2D eigenvalue weighted by molar-refractivity contribution is 6.53. The Bertz CT molecular complexity index is 99.7. The summed E-state index contributed by atoms with van der Waals surface area (Å²) in [6, 6.07) is 1.43. The van der Waals surface area contributed by atoms with Crippen LogP contribution in [0, 0.1) is 0 Å². The molecule has 1 nitrogen and oxygen atoms in total. The van der Waals surface area contributed by atoms with E-state index in [1.807, 2.05) is 0 Å². The normalized spacial score (nSPS) is 28.4. The maximum atomic E-state index is 5.83. The van der Waals surface area contributed by atoms with Crippen LogP contribution in [0.5, 0.6) is 0 Å². The third-order valence-electron chi connectivity index (χ3n) is 2.59. The summed E-state index contributed by atoms with van der Waals surface area (Å²) in [6.07, 6.45) is 5.46. The van der Waals surface area contributed by atoms with Crippen LogP contribution in [0.3, 0.4) is 0 Å².